The average Bonchev–Trinajstić information content (AvgIpc) is 2.32. The lowest BCUT2D eigenvalue weighted by Crippen LogP contribution is -2.06. The second-order valence-corrected chi connectivity index (χ2v) is 3.33. The molecule has 0 saturated heterocycles. The van der Waals surface area contributed by atoms with Crippen molar-refractivity contribution in [1.29, 1.82) is 0 Å². The van der Waals surface area contributed by atoms with E-state index in [1.165, 1.54) is 12.1 Å². The number of pyridine rings is 1. The van der Waals surface area contributed by atoms with Gasteiger partial charge in [-0.1, -0.05) is 6.07 Å². The van der Waals surface area contributed by atoms with Crippen molar-refractivity contribution in [2.45, 2.75) is 0 Å². The molecule has 7 heteroatoms. The summed E-state index contributed by atoms with van der Waals surface area (Å²) in [5, 5.41) is 2.05. The quantitative estimate of drug-likeness (QED) is 0.660. The minimum Gasteiger partial charge on any atom is -0.350 e. The number of hydrogen-bond acceptors (Lipinski definition) is 2. The predicted molar refractivity (Wildman–Crippen MR) is 53.8 cm³/mol. The molecule has 0 saturated carbocycles. The molecule has 0 aliphatic heterocycles. The number of benzene rings is 1. The van der Waals surface area contributed by atoms with Crippen molar-refractivity contribution in [1.82, 2.24) is 4.98 Å². The van der Waals surface area contributed by atoms with Crippen LogP contribution in [0.5, 0.6) is 0 Å². The van der Waals surface area contributed by atoms with Gasteiger partial charge in [0, 0.05) is 5.69 Å². The van der Waals surface area contributed by atoms with Crippen LogP contribution >= 0.6 is 0 Å². The first-order valence-corrected chi connectivity index (χ1v) is 4.71. The van der Waals surface area contributed by atoms with E-state index in [0.717, 1.165) is 12.1 Å². The van der Waals surface area contributed by atoms with Crippen molar-refractivity contribution in [2.75, 3.05) is 5.32 Å². The van der Waals surface area contributed by atoms with Crippen molar-refractivity contribution in [3.05, 3.63) is 53.6 Å². The maximum Gasteiger partial charge on any atom is 0.253 e. The number of nitrogens with zero attached hydrogens (tertiary/aromatic N) is 1. The highest BCUT2D eigenvalue weighted by Crippen LogP contribution is 2.25. The Morgan fingerprint density at radius 3 is 2.06 bits per heavy atom. The molecule has 1 N–H and O–H groups in total. The van der Waals surface area contributed by atoms with E-state index >= 15 is 0 Å². The molecule has 0 spiro atoms. The van der Waals surface area contributed by atoms with Gasteiger partial charge in [0.15, 0.2) is 0 Å². The molecule has 0 amide bonds. The lowest BCUT2D eigenvalue weighted by atomic mass is 10.3. The summed E-state index contributed by atoms with van der Waals surface area (Å²) in [5.41, 5.74) is -1.12. The Morgan fingerprint density at radius 1 is 0.889 bits per heavy atom. The molecule has 1 heterocycles. The number of rotatable bonds is 2. The van der Waals surface area contributed by atoms with E-state index in [9.17, 15) is 22.0 Å². The summed E-state index contributed by atoms with van der Waals surface area (Å²) in [6, 6.07) is 4.56. The van der Waals surface area contributed by atoms with Gasteiger partial charge >= 0.3 is 0 Å². The van der Waals surface area contributed by atoms with Crippen LogP contribution in [-0.4, -0.2) is 4.98 Å². The van der Waals surface area contributed by atoms with Gasteiger partial charge in [-0.05, 0) is 18.2 Å². The van der Waals surface area contributed by atoms with E-state index in [1.807, 2.05) is 0 Å². The normalized spacial score (nSPS) is 10.5. The maximum absolute atomic E-state index is 13.2. The highest BCUT2D eigenvalue weighted by Gasteiger charge is 2.20. The predicted octanol–water partition coefficient (Wildman–Crippen LogP) is 3.52. The van der Waals surface area contributed by atoms with E-state index in [4.69, 9.17) is 0 Å². The summed E-state index contributed by atoms with van der Waals surface area (Å²) in [4.78, 5) is 2.40. The van der Waals surface area contributed by atoms with Crippen molar-refractivity contribution < 1.29 is 22.0 Å². The number of halogens is 5. The summed E-state index contributed by atoms with van der Waals surface area (Å²) in [7, 11) is 0. The van der Waals surface area contributed by atoms with Crippen molar-refractivity contribution in [2.24, 2.45) is 0 Å². The van der Waals surface area contributed by atoms with E-state index in [2.05, 4.69) is 10.3 Å². The molecule has 0 bridgehead atoms. The van der Waals surface area contributed by atoms with Gasteiger partial charge in [-0.2, -0.15) is 22.5 Å². The Morgan fingerprint density at radius 2 is 1.50 bits per heavy atom. The van der Waals surface area contributed by atoms with Crippen molar-refractivity contribution in [3.63, 3.8) is 0 Å². The third kappa shape index (κ3) is 2.24. The Labute approximate surface area is 98.1 Å². The number of nitrogens with one attached hydrogen (secondary N) is 1. The van der Waals surface area contributed by atoms with Crippen LogP contribution in [0.2, 0.25) is 0 Å². The molecule has 0 unspecified atom stereocenters. The Balaban J connectivity index is 2.46. The molecule has 2 rings (SSSR count). The molecular formula is C11H5F5N2. The van der Waals surface area contributed by atoms with E-state index in [0.29, 0.717) is 0 Å². The largest absolute Gasteiger partial charge is 0.350 e. The highest BCUT2D eigenvalue weighted by molar-refractivity contribution is 5.60. The van der Waals surface area contributed by atoms with Gasteiger partial charge in [0.25, 0.3) is 11.9 Å². The van der Waals surface area contributed by atoms with Crippen LogP contribution in [0.15, 0.2) is 24.3 Å². The molecule has 1 aromatic heterocycles. The molecule has 0 aliphatic carbocycles. The molecule has 2 nitrogen and oxygen atoms in total. The molecule has 0 aliphatic rings. The van der Waals surface area contributed by atoms with Gasteiger partial charge in [-0.3, -0.25) is 0 Å². The molecule has 18 heavy (non-hydrogen) atoms. The Bertz CT molecular complexity index is 574. The topological polar surface area (TPSA) is 24.9 Å². The second kappa shape index (κ2) is 4.59. The molecular weight excluding hydrogens is 255 g/mol. The Kier molecular flexibility index (Phi) is 3.14. The first-order valence-electron chi connectivity index (χ1n) is 4.71. The van der Waals surface area contributed by atoms with Gasteiger partial charge in [-0.25, -0.2) is 4.39 Å². The van der Waals surface area contributed by atoms with Crippen LogP contribution < -0.4 is 5.32 Å². The monoisotopic (exact) mass is 260 g/mol. The number of aromatic nitrogens is 1. The summed E-state index contributed by atoms with van der Waals surface area (Å²) >= 11 is 0. The fourth-order valence-corrected chi connectivity index (χ4v) is 1.31. The van der Waals surface area contributed by atoms with Gasteiger partial charge in [-0.15, -0.1) is 0 Å². The highest BCUT2D eigenvalue weighted by atomic mass is 19.2. The minimum atomic E-state index is -1.78. The summed E-state index contributed by atoms with van der Waals surface area (Å²) in [5.74, 6) is -7.60. The van der Waals surface area contributed by atoms with Gasteiger partial charge < -0.3 is 5.32 Å². The zero-order valence-electron chi connectivity index (χ0n) is 8.65. The molecule has 0 fully saturated rings. The van der Waals surface area contributed by atoms with Crippen LogP contribution in [0.4, 0.5) is 33.3 Å². The standard InChI is InChI=1S/C11H5F5N2/c12-5-2-1-3-6(4-5)17-9-7(13)10(15)18-11(16)8(9)14/h1-4H,(H,17,18). The van der Waals surface area contributed by atoms with E-state index in [-0.39, 0.29) is 5.69 Å². The van der Waals surface area contributed by atoms with Crippen LogP contribution in [0, 0.1) is 29.3 Å². The van der Waals surface area contributed by atoms with Crippen LogP contribution in [0.1, 0.15) is 0 Å². The van der Waals surface area contributed by atoms with E-state index < -0.39 is 35.0 Å². The van der Waals surface area contributed by atoms with E-state index in [1.54, 1.807) is 0 Å². The van der Waals surface area contributed by atoms with Crippen LogP contribution in [0.25, 0.3) is 0 Å². The van der Waals surface area contributed by atoms with Gasteiger partial charge in [0.2, 0.25) is 11.6 Å². The third-order valence-electron chi connectivity index (χ3n) is 2.09. The zero-order valence-corrected chi connectivity index (χ0v) is 8.65. The summed E-state index contributed by atoms with van der Waals surface area (Å²) in [6.45, 7) is 0. The molecule has 1 aromatic carbocycles. The average molecular weight is 260 g/mol. The van der Waals surface area contributed by atoms with Crippen molar-refractivity contribution >= 4 is 11.4 Å². The fourth-order valence-electron chi connectivity index (χ4n) is 1.31. The smallest absolute Gasteiger partial charge is 0.253 e. The molecule has 0 atom stereocenters. The lowest BCUT2D eigenvalue weighted by Gasteiger charge is -2.09. The number of anilines is 2. The van der Waals surface area contributed by atoms with Crippen LogP contribution in [0.3, 0.4) is 0 Å². The summed E-state index contributed by atoms with van der Waals surface area (Å²) in [6.07, 6.45) is 0. The SMILES string of the molecule is Fc1cccc(Nc2c(F)c(F)nc(F)c2F)c1. The zero-order chi connectivity index (χ0) is 13.3. The van der Waals surface area contributed by atoms with Gasteiger partial charge in [0.1, 0.15) is 11.5 Å². The minimum absolute atomic E-state index is 0.0576. The molecule has 2 aromatic rings. The number of hydrogen-bond donors (Lipinski definition) is 1. The molecule has 94 valence electrons. The lowest BCUT2D eigenvalue weighted by molar-refractivity contribution is 0.411. The Hall–Kier alpha value is -2.18. The maximum atomic E-state index is 13.2. The fraction of sp³-hybridized carbons (Fsp3) is 0. The van der Waals surface area contributed by atoms with Crippen molar-refractivity contribution in [3.8, 4) is 0 Å². The van der Waals surface area contributed by atoms with Crippen LogP contribution in [-0.2, 0) is 0 Å². The third-order valence-corrected chi connectivity index (χ3v) is 2.09. The second-order valence-electron chi connectivity index (χ2n) is 3.33. The first kappa shape index (κ1) is 12.3. The molecule has 0 radical (unpaired) electrons. The summed E-state index contributed by atoms with van der Waals surface area (Å²) < 4.78 is 64.9. The first-order chi connectivity index (χ1) is 8.49. The van der Waals surface area contributed by atoms with Gasteiger partial charge in [0.05, 0.1) is 0 Å².